The number of carbonyl (C=O) groups is 1. The average Bonchev–Trinajstić information content (AvgIpc) is 2.74. The second-order valence-corrected chi connectivity index (χ2v) is 4.48. The molecule has 0 aliphatic rings. The molecule has 0 aliphatic carbocycles. The molecule has 0 radical (unpaired) electrons. The number of para-hydroxylation sites is 1. The van der Waals surface area contributed by atoms with Crippen molar-refractivity contribution >= 4 is 16.8 Å². The second-order valence-electron chi connectivity index (χ2n) is 4.48. The Morgan fingerprint density at radius 1 is 1.35 bits per heavy atom. The van der Waals surface area contributed by atoms with Gasteiger partial charge in [0.05, 0.1) is 5.92 Å². The van der Waals surface area contributed by atoms with Crippen LogP contribution < -0.4 is 0 Å². The maximum atomic E-state index is 12.1. The van der Waals surface area contributed by atoms with Gasteiger partial charge in [0, 0.05) is 31.2 Å². The Hall–Kier alpha value is -1.77. The number of benzene rings is 1. The molecule has 0 spiro atoms. The molecule has 0 saturated heterocycles. The molecule has 0 bridgehead atoms. The molecule has 3 nitrogen and oxygen atoms in total. The number of hydrogen-bond donors (Lipinski definition) is 1. The van der Waals surface area contributed by atoms with Crippen molar-refractivity contribution in [2.75, 3.05) is 14.1 Å². The zero-order valence-electron chi connectivity index (χ0n) is 10.5. The van der Waals surface area contributed by atoms with Gasteiger partial charge in [-0.2, -0.15) is 0 Å². The van der Waals surface area contributed by atoms with E-state index in [1.807, 2.05) is 31.3 Å². The number of hydrogen-bond acceptors (Lipinski definition) is 1. The third-order valence-corrected chi connectivity index (χ3v) is 3.14. The molecule has 1 aromatic carbocycles. The first-order chi connectivity index (χ1) is 8.15. The van der Waals surface area contributed by atoms with Gasteiger partial charge in [0.15, 0.2) is 0 Å². The number of fused-ring (bicyclic) bond motifs is 1. The number of aromatic nitrogens is 1. The molecular formula is C14H18N2O. The molecule has 0 saturated carbocycles. The van der Waals surface area contributed by atoms with E-state index in [0.717, 1.165) is 22.9 Å². The first kappa shape index (κ1) is 11.7. The molecule has 0 fully saturated rings. The minimum absolute atomic E-state index is 0.0545. The number of nitrogens with zero attached hydrogens (tertiary/aromatic N) is 1. The summed E-state index contributed by atoms with van der Waals surface area (Å²) in [5, 5.41) is 1.15. The van der Waals surface area contributed by atoms with Gasteiger partial charge >= 0.3 is 0 Å². The molecule has 1 amide bonds. The van der Waals surface area contributed by atoms with Crippen LogP contribution in [0.4, 0.5) is 0 Å². The normalized spacial score (nSPS) is 12.6. The number of H-pyrrole nitrogens is 1. The topological polar surface area (TPSA) is 36.1 Å². The zero-order valence-corrected chi connectivity index (χ0v) is 10.5. The highest BCUT2D eigenvalue weighted by molar-refractivity contribution is 5.91. The lowest BCUT2D eigenvalue weighted by atomic mass is 9.95. The molecule has 1 aromatic heterocycles. The summed E-state index contributed by atoms with van der Waals surface area (Å²) in [6.45, 7) is 2.05. The van der Waals surface area contributed by atoms with Crippen molar-refractivity contribution in [1.82, 2.24) is 9.88 Å². The van der Waals surface area contributed by atoms with E-state index in [4.69, 9.17) is 0 Å². The minimum atomic E-state index is -0.0545. The Morgan fingerprint density at radius 2 is 2.06 bits per heavy atom. The monoisotopic (exact) mass is 230 g/mol. The summed E-state index contributed by atoms with van der Waals surface area (Å²) in [7, 11) is 3.61. The van der Waals surface area contributed by atoms with Gasteiger partial charge in [-0.05, 0) is 18.1 Å². The number of rotatable bonds is 3. The molecular weight excluding hydrogens is 212 g/mol. The van der Waals surface area contributed by atoms with Crippen LogP contribution in [0.1, 0.15) is 24.8 Å². The van der Waals surface area contributed by atoms with Crippen LogP contribution in [0.5, 0.6) is 0 Å². The van der Waals surface area contributed by atoms with Crippen molar-refractivity contribution in [2.24, 2.45) is 0 Å². The smallest absolute Gasteiger partial charge is 0.229 e. The van der Waals surface area contributed by atoms with Crippen molar-refractivity contribution < 1.29 is 4.79 Å². The number of aromatic amines is 1. The molecule has 17 heavy (non-hydrogen) atoms. The van der Waals surface area contributed by atoms with Crippen LogP contribution in [-0.2, 0) is 4.79 Å². The lowest BCUT2D eigenvalue weighted by Crippen LogP contribution is -2.27. The van der Waals surface area contributed by atoms with E-state index in [9.17, 15) is 4.79 Å². The van der Waals surface area contributed by atoms with Gasteiger partial charge in [0.2, 0.25) is 5.91 Å². The Kier molecular flexibility index (Phi) is 3.18. The van der Waals surface area contributed by atoms with E-state index in [1.54, 1.807) is 19.0 Å². The largest absolute Gasteiger partial charge is 0.361 e. The van der Waals surface area contributed by atoms with E-state index in [0.29, 0.717) is 0 Å². The first-order valence-corrected chi connectivity index (χ1v) is 5.92. The van der Waals surface area contributed by atoms with Gasteiger partial charge in [-0.25, -0.2) is 0 Å². The molecule has 1 heterocycles. The Balaban J connectivity index is 2.47. The van der Waals surface area contributed by atoms with Gasteiger partial charge in [-0.15, -0.1) is 0 Å². The molecule has 1 N–H and O–H groups in total. The van der Waals surface area contributed by atoms with E-state index >= 15 is 0 Å². The fourth-order valence-corrected chi connectivity index (χ4v) is 2.22. The summed E-state index contributed by atoms with van der Waals surface area (Å²) in [4.78, 5) is 17.0. The van der Waals surface area contributed by atoms with Gasteiger partial charge in [-0.1, -0.05) is 25.1 Å². The molecule has 2 rings (SSSR count). The Morgan fingerprint density at radius 3 is 2.71 bits per heavy atom. The highest BCUT2D eigenvalue weighted by atomic mass is 16.2. The number of nitrogens with one attached hydrogen (secondary N) is 1. The molecule has 0 aliphatic heterocycles. The standard InChI is InChI=1S/C14H18N2O/c1-4-10(14(17)16(2)3)12-9-15-13-8-6-5-7-11(12)13/h5-10,15H,4H2,1-3H3. The lowest BCUT2D eigenvalue weighted by molar-refractivity contribution is -0.130. The molecule has 2 aromatic rings. The Labute approximate surface area is 101 Å². The number of carbonyl (C=O) groups excluding carboxylic acids is 1. The van der Waals surface area contributed by atoms with Crippen LogP contribution in [0.15, 0.2) is 30.5 Å². The third-order valence-electron chi connectivity index (χ3n) is 3.14. The van der Waals surface area contributed by atoms with Gasteiger partial charge in [0.1, 0.15) is 0 Å². The molecule has 90 valence electrons. The van der Waals surface area contributed by atoms with E-state index in [1.165, 1.54) is 0 Å². The van der Waals surface area contributed by atoms with Crippen LogP contribution in [0.2, 0.25) is 0 Å². The van der Waals surface area contributed by atoms with Gasteiger partial charge in [-0.3, -0.25) is 4.79 Å². The highest BCUT2D eigenvalue weighted by Gasteiger charge is 2.22. The highest BCUT2D eigenvalue weighted by Crippen LogP contribution is 2.28. The van der Waals surface area contributed by atoms with Crippen molar-refractivity contribution in [3.05, 3.63) is 36.0 Å². The summed E-state index contributed by atoms with van der Waals surface area (Å²) in [5.41, 5.74) is 2.19. The minimum Gasteiger partial charge on any atom is -0.361 e. The third kappa shape index (κ3) is 2.05. The summed E-state index contributed by atoms with van der Waals surface area (Å²) in [6.07, 6.45) is 2.78. The van der Waals surface area contributed by atoms with E-state index in [-0.39, 0.29) is 11.8 Å². The maximum Gasteiger partial charge on any atom is 0.229 e. The van der Waals surface area contributed by atoms with Crippen molar-refractivity contribution in [3.8, 4) is 0 Å². The quantitative estimate of drug-likeness (QED) is 0.864. The predicted octanol–water partition coefficient (Wildman–Crippen LogP) is 2.75. The SMILES string of the molecule is CCC(C(=O)N(C)C)c1c[nH]c2ccccc12. The molecule has 1 atom stereocenters. The summed E-state index contributed by atoms with van der Waals surface area (Å²) >= 11 is 0. The second kappa shape index (κ2) is 4.62. The summed E-state index contributed by atoms with van der Waals surface area (Å²) < 4.78 is 0. The van der Waals surface area contributed by atoms with Crippen LogP contribution in [0.3, 0.4) is 0 Å². The zero-order chi connectivity index (χ0) is 12.4. The van der Waals surface area contributed by atoms with Crippen LogP contribution >= 0.6 is 0 Å². The molecule has 1 unspecified atom stereocenters. The van der Waals surface area contributed by atoms with E-state index in [2.05, 4.69) is 11.1 Å². The van der Waals surface area contributed by atoms with Crippen LogP contribution in [0.25, 0.3) is 10.9 Å². The summed E-state index contributed by atoms with van der Waals surface area (Å²) in [5.74, 6) is 0.110. The van der Waals surface area contributed by atoms with Crippen LogP contribution in [-0.4, -0.2) is 29.9 Å². The predicted molar refractivity (Wildman–Crippen MR) is 70.0 cm³/mol. The van der Waals surface area contributed by atoms with Gasteiger partial charge in [0.25, 0.3) is 0 Å². The van der Waals surface area contributed by atoms with Crippen molar-refractivity contribution in [1.29, 1.82) is 0 Å². The van der Waals surface area contributed by atoms with Gasteiger partial charge < -0.3 is 9.88 Å². The summed E-state index contributed by atoms with van der Waals surface area (Å²) in [6, 6.07) is 8.10. The lowest BCUT2D eigenvalue weighted by Gasteiger charge is -2.18. The van der Waals surface area contributed by atoms with Crippen LogP contribution in [0, 0.1) is 0 Å². The van der Waals surface area contributed by atoms with Crippen molar-refractivity contribution in [2.45, 2.75) is 19.3 Å². The molecule has 3 heteroatoms. The fraction of sp³-hybridized carbons (Fsp3) is 0.357. The Bertz CT molecular complexity index is 528. The maximum absolute atomic E-state index is 12.1. The number of likely N-dealkylation sites (N-methyl/N-ethyl adjacent to an activating group) is 1. The van der Waals surface area contributed by atoms with E-state index < -0.39 is 0 Å². The van der Waals surface area contributed by atoms with Crippen molar-refractivity contribution in [3.63, 3.8) is 0 Å². The first-order valence-electron chi connectivity index (χ1n) is 5.92. The number of amides is 1. The fourth-order valence-electron chi connectivity index (χ4n) is 2.22. The average molecular weight is 230 g/mol.